The lowest BCUT2D eigenvalue weighted by Gasteiger charge is -2.59. The zero-order chi connectivity index (χ0) is 12.6. The van der Waals surface area contributed by atoms with E-state index in [0.717, 1.165) is 29.1 Å². The van der Waals surface area contributed by atoms with Crippen LogP contribution in [0.5, 0.6) is 0 Å². The van der Waals surface area contributed by atoms with Crippen molar-refractivity contribution in [2.24, 2.45) is 29.1 Å². The van der Waals surface area contributed by atoms with Crippen molar-refractivity contribution in [3.05, 3.63) is 12.7 Å². The largest absolute Gasteiger partial charge is 0.103 e. The van der Waals surface area contributed by atoms with Gasteiger partial charge in [-0.25, -0.2) is 0 Å². The van der Waals surface area contributed by atoms with Crippen LogP contribution < -0.4 is 0 Å². The third kappa shape index (κ3) is 2.28. The van der Waals surface area contributed by atoms with Gasteiger partial charge in [0.15, 0.2) is 0 Å². The molecule has 0 unspecified atom stereocenters. The van der Waals surface area contributed by atoms with Gasteiger partial charge >= 0.3 is 0 Å². The fourth-order valence-corrected chi connectivity index (χ4v) is 5.30. The molecule has 1 spiro atoms. The molecule has 3 fully saturated rings. The van der Waals surface area contributed by atoms with Gasteiger partial charge in [0.25, 0.3) is 0 Å². The second-order valence-corrected chi connectivity index (χ2v) is 7.64. The molecule has 3 saturated carbocycles. The number of hydrogen-bond acceptors (Lipinski definition) is 0. The molecule has 0 aromatic heterocycles. The summed E-state index contributed by atoms with van der Waals surface area (Å²) in [6.07, 6.45) is 17.3. The third-order valence-electron chi connectivity index (χ3n) is 6.37. The predicted molar refractivity (Wildman–Crippen MR) is 80.5 cm³/mol. The minimum absolute atomic E-state index is 0. The zero-order valence-electron chi connectivity index (χ0n) is 12.2. The maximum atomic E-state index is 3.94. The molecular weight excluding hydrogens is 216 g/mol. The monoisotopic (exact) mass is 248 g/mol. The summed E-state index contributed by atoms with van der Waals surface area (Å²) < 4.78 is 0. The van der Waals surface area contributed by atoms with Crippen molar-refractivity contribution in [2.75, 3.05) is 0 Å². The lowest BCUT2D eigenvalue weighted by Crippen LogP contribution is -2.49. The molecule has 0 bridgehead atoms. The molecule has 18 heavy (non-hydrogen) atoms. The lowest BCUT2D eigenvalue weighted by atomic mass is 9.45. The second-order valence-electron chi connectivity index (χ2n) is 7.64. The van der Waals surface area contributed by atoms with Crippen LogP contribution in [0.4, 0.5) is 0 Å². The molecule has 3 aliphatic rings. The van der Waals surface area contributed by atoms with E-state index in [1.54, 1.807) is 25.7 Å². The quantitative estimate of drug-likeness (QED) is 0.549. The Bertz CT molecular complexity index is 287. The maximum Gasteiger partial charge on any atom is 0 e. The molecule has 0 nitrogen and oxygen atoms in total. The van der Waals surface area contributed by atoms with Crippen LogP contribution in [0.15, 0.2) is 12.7 Å². The van der Waals surface area contributed by atoms with Crippen LogP contribution in [0, 0.1) is 29.1 Å². The fraction of sp³-hybridized carbons (Fsp3) is 0.889. The Kier molecular flexibility index (Phi) is 3.56. The highest BCUT2D eigenvalue weighted by Crippen LogP contribution is 2.64. The van der Waals surface area contributed by atoms with Crippen molar-refractivity contribution < 1.29 is 1.43 Å². The minimum Gasteiger partial charge on any atom is -0.103 e. The van der Waals surface area contributed by atoms with Crippen molar-refractivity contribution in [1.82, 2.24) is 0 Å². The average Bonchev–Trinajstić information content (AvgIpc) is 2.28. The van der Waals surface area contributed by atoms with E-state index in [1.165, 1.54) is 38.5 Å². The highest BCUT2D eigenvalue weighted by Gasteiger charge is 2.53. The first kappa shape index (κ1) is 12.8. The second kappa shape index (κ2) is 5.02. The normalized spacial score (nSPS) is 47.4. The fourth-order valence-electron chi connectivity index (χ4n) is 5.30. The lowest BCUT2D eigenvalue weighted by molar-refractivity contribution is -0.0810. The summed E-state index contributed by atoms with van der Waals surface area (Å²) in [4.78, 5) is 0. The Labute approximate surface area is 115 Å². The van der Waals surface area contributed by atoms with Crippen molar-refractivity contribution in [3.63, 3.8) is 0 Å². The van der Waals surface area contributed by atoms with Crippen LogP contribution in [0.1, 0.15) is 72.6 Å². The first-order valence-electron chi connectivity index (χ1n) is 8.37. The first-order chi connectivity index (χ1) is 8.74. The molecule has 0 aliphatic heterocycles. The molecule has 3 rings (SSSR count). The Morgan fingerprint density at radius 3 is 2.28 bits per heavy atom. The van der Waals surface area contributed by atoms with Gasteiger partial charge < -0.3 is 0 Å². The van der Waals surface area contributed by atoms with E-state index in [9.17, 15) is 0 Å². The average molecular weight is 248 g/mol. The Hall–Kier alpha value is -0.260. The molecule has 0 aromatic rings. The molecule has 0 radical (unpaired) electrons. The summed E-state index contributed by atoms with van der Waals surface area (Å²) >= 11 is 0. The molecule has 0 heterocycles. The molecule has 0 amide bonds. The van der Waals surface area contributed by atoms with Crippen molar-refractivity contribution in [1.29, 1.82) is 0 Å². The van der Waals surface area contributed by atoms with Crippen LogP contribution in [0.3, 0.4) is 0 Å². The van der Waals surface area contributed by atoms with E-state index in [0.29, 0.717) is 0 Å². The molecule has 0 heteroatoms. The van der Waals surface area contributed by atoms with E-state index in [2.05, 4.69) is 19.6 Å². The van der Waals surface area contributed by atoms with Gasteiger partial charge in [-0.1, -0.05) is 38.7 Å². The van der Waals surface area contributed by atoms with Crippen LogP contribution in [0.2, 0.25) is 0 Å². The van der Waals surface area contributed by atoms with E-state index in [1.807, 2.05) is 0 Å². The Morgan fingerprint density at radius 2 is 1.72 bits per heavy atom. The highest BCUT2D eigenvalue weighted by molar-refractivity contribution is 5.08. The molecule has 0 aromatic carbocycles. The van der Waals surface area contributed by atoms with E-state index in [-0.39, 0.29) is 1.43 Å². The van der Waals surface area contributed by atoms with Crippen molar-refractivity contribution in [2.45, 2.75) is 71.1 Å². The Balaban J connectivity index is 0.00000133. The van der Waals surface area contributed by atoms with Crippen LogP contribution in [0.25, 0.3) is 0 Å². The topological polar surface area (TPSA) is 0 Å². The Morgan fingerprint density at radius 1 is 1.06 bits per heavy atom. The number of allylic oxidation sites excluding steroid dienone is 1. The molecule has 0 atom stereocenters. The maximum absolute atomic E-state index is 3.94. The summed E-state index contributed by atoms with van der Waals surface area (Å²) in [5.74, 6) is 4.16. The number of hydrogen-bond donors (Lipinski definition) is 0. The summed E-state index contributed by atoms with van der Waals surface area (Å²) in [5.41, 5.74) is 0.809. The standard InChI is InChI=1S/C18H30.H2/c1-3-5-15-6-8-16(9-7-15)17-12-18(13-17)10-14(4-2)11-18;/h4,14-17H,2-3,5-13H2,1H3;1H. The summed E-state index contributed by atoms with van der Waals surface area (Å²) in [6, 6.07) is 0. The summed E-state index contributed by atoms with van der Waals surface area (Å²) in [6.45, 7) is 6.28. The molecular formula is C18H32. The van der Waals surface area contributed by atoms with Gasteiger partial charge in [0.1, 0.15) is 0 Å². The van der Waals surface area contributed by atoms with Gasteiger partial charge in [0.05, 0.1) is 0 Å². The van der Waals surface area contributed by atoms with Crippen LogP contribution in [-0.4, -0.2) is 0 Å². The minimum atomic E-state index is 0. The summed E-state index contributed by atoms with van der Waals surface area (Å²) in [5, 5.41) is 0. The molecule has 104 valence electrons. The van der Waals surface area contributed by atoms with Gasteiger partial charge in [0.2, 0.25) is 0 Å². The smallest absolute Gasteiger partial charge is 0 e. The van der Waals surface area contributed by atoms with Crippen molar-refractivity contribution >= 4 is 0 Å². The van der Waals surface area contributed by atoms with Gasteiger partial charge in [-0.15, -0.1) is 6.58 Å². The van der Waals surface area contributed by atoms with Gasteiger partial charge in [0, 0.05) is 1.43 Å². The van der Waals surface area contributed by atoms with Gasteiger partial charge in [-0.3, -0.25) is 0 Å². The molecule has 3 aliphatic carbocycles. The van der Waals surface area contributed by atoms with Gasteiger partial charge in [-0.2, -0.15) is 0 Å². The third-order valence-corrected chi connectivity index (χ3v) is 6.37. The number of rotatable bonds is 4. The first-order valence-corrected chi connectivity index (χ1v) is 8.37. The molecule has 0 N–H and O–H groups in total. The molecule has 0 saturated heterocycles. The van der Waals surface area contributed by atoms with Crippen LogP contribution >= 0.6 is 0 Å². The van der Waals surface area contributed by atoms with E-state index >= 15 is 0 Å². The summed E-state index contributed by atoms with van der Waals surface area (Å²) in [7, 11) is 0. The van der Waals surface area contributed by atoms with E-state index < -0.39 is 0 Å². The van der Waals surface area contributed by atoms with Crippen LogP contribution in [-0.2, 0) is 0 Å². The zero-order valence-corrected chi connectivity index (χ0v) is 12.2. The predicted octanol–water partition coefficient (Wildman–Crippen LogP) is 5.83. The van der Waals surface area contributed by atoms with Crippen molar-refractivity contribution in [3.8, 4) is 0 Å². The van der Waals surface area contributed by atoms with Gasteiger partial charge in [-0.05, 0) is 67.6 Å². The highest BCUT2D eigenvalue weighted by atomic mass is 14.6. The van der Waals surface area contributed by atoms with E-state index in [4.69, 9.17) is 0 Å². The SMILES string of the molecule is C=CC1CC2(C1)CC(C1CCC(CCC)CC1)C2.[HH].